The number of benzene rings is 1. The summed E-state index contributed by atoms with van der Waals surface area (Å²) in [6, 6.07) is 7.20. The maximum atomic E-state index is 11.7. The third kappa shape index (κ3) is 6.15. The summed E-state index contributed by atoms with van der Waals surface area (Å²) in [4.78, 5) is 22.5. The van der Waals surface area contributed by atoms with Gasteiger partial charge in [0.25, 0.3) is 0 Å². The molecule has 4 heteroatoms. The van der Waals surface area contributed by atoms with Crippen molar-refractivity contribution in [2.75, 3.05) is 5.32 Å². The Morgan fingerprint density at radius 2 is 1.79 bits per heavy atom. The summed E-state index contributed by atoms with van der Waals surface area (Å²) < 4.78 is 0. The predicted molar refractivity (Wildman–Crippen MR) is 74.8 cm³/mol. The molecule has 0 unspecified atom stereocenters. The highest BCUT2D eigenvalue weighted by atomic mass is 16.3. The summed E-state index contributed by atoms with van der Waals surface area (Å²) in [5.41, 5.74) is 1.38. The molecule has 0 fully saturated rings. The summed E-state index contributed by atoms with van der Waals surface area (Å²) in [7, 11) is 0. The van der Waals surface area contributed by atoms with Crippen LogP contribution in [0.5, 0.6) is 0 Å². The number of aliphatic hydroxyl groups excluding tert-OH is 1. The van der Waals surface area contributed by atoms with E-state index in [0.29, 0.717) is 24.1 Å². The number of anilines is 1. The molecule has 0 saturated heterocycles. The van der Waals surface area contributed by atoms with Gasteiger partial charge in [0.2, 0.25) is 5.91 Å². The average Bonchev–Trinajstić information content (AvgIpc) is 2.38. The van der Waals surface area contributed by atoms with Crippen LogP contribution in [0.3, 0.4) is 0 Å². The number of hydrogen-bond acceptors (Lipinski definition) is 3. The molecule has 1 aromatic rings. The molecule has 0 aliphatic carbocycles. The van der Waals surface area contributed by atoms with Crippen molar-refractivity contribution in [1.82, 2.24) is 0 Å². The van der Waals surface area contributed by atoms with Gasteiger partial charge in [-0.2, -0.15) is 0 Å². The van der Waals surface area contributed by atoms with Crippen LogP contribution in [0.25, 0.3) is 0 Å². The topological polar surface area (TPSA) is 66.4 Å². The minimum absolute atomic E-state index is 0.0521. The quantitative estimate of drug-likeness (QED) is 0.709. The molecule has 0 atom stereocenters. The third-order valence-corrected chi connectivity index (χ3v) is 2.89. The van der Waals surface area contributed by atoms with Gasteiger partial charge >= 0.3 is 0 Å². The van der Waals surface area contributed by atoms with Gasteiger partial charge in [0.15, 0.2) is 0 Å². The highest BCUT2D eigenvalue weighted by Crippen LogP contribution is 2.15. The number of nitrogens with one attached hydrogen (secondary N) is 1. The normalized spacial score (nSPS) is 10.2. The van der Waals surface area contributed by atoms with Crippen molar-refractivity contribution in [3.63, 3.8) is 0 Å². The number of hydrogen-bond donors (Lipinski definition) is 2. The number of Topliss-reactive ketones (excluding diaryl/α,β-unsaturated/α-hetero) is 1. The Morgan fingerprint density at radius 1 is 1.11 bits per heavy atom. The molecule has 19 heavy (non-hydrogen) atoms. The fourth-order valence-electron chi connectivity index (χ4n) is 1.83. The van der Waals surface area contributed by atoms with Crippen molar-refractivity contribution < 1.29 is 14.7 Å². The molecule has 0 bridgehead atoms. The van der Waals surface area contributed by atoms with Gasteiger partial charge in [-0.1, -0.05) is 24.6 Å². The monoisotopic (exact) mass is 263 g/mol. The van der Waals surface area contributed by atoms with E-state index in [1.807, 2.05) is 12.1 Å². The molecule has 1 amide bonds. The van der Waals surface area contributed by atoms with Gasteiger partial charge in [-0.05, 0) is 25.8 Å². The van der Waals surface area contributed by atoms with Crippen LogP contribution in [0.1, 0.15) is 44.6 Å². The van der Waals surface area contributed by atoms with Crippen molar-refractivity contribution in [1.29, 1.82) is 0 Å². The number of carbonyl (C=O) groups is 2. The van der Waals surface area contributed by atoms with Crippen LogP contribution >= 0.6 is 0 Å². The van der Waals surface area contributed by atoms with E-state index >= 15 is 0 Å². The van der Waals surface area contributed by atoms with Crippen LogP contribution in [-0.4, -0.2) is 16.8 Å². The van der Waals surface area contributed by atoms with Crippen LogP contribution in [0, 0.1) is 0 Å². The Morgan fingerprint density at radius 3 is 2.47 bits per heavy atom. The Bertz CT molecular complexity index is 429. The molecule has 0 aromatic heterocycles. The zero-order chi connectivity index (χ0) is 14.1. The molecule has 4 nitrogen and oxygen atoms in total. The van der Waals surface area contributed by atoms with E-state index in [-0.39, 0.29) is 18.3 Å². The van der Waals surface area contributed by atoms with Crippen LogP contribution in [-0.2, 0) is 16.2 Å². The lowest BCUT2D eigenvalue weighted by Crippen LogP contribution is -2.12. The summed E-state index contributed by atoms with van der Waals surface area (Å²) in [5.74, 6) is 0.144. The van der Waals surface area contributed by atoms with Crippen molar-refractivity contribution >= 4 is 17.4 Å². The van der Waals surface area contributed by atoms with E-state index in [1.54, 1.807) is 19.1 Å². The zero-order valence-corrected chi connectivity index (χ0v) is 11.3. The van der Waals surface area contributed by atoms with Crippen LogP contribution in [0.15, 0.2) is 24.3 Å². The summed E-state index contributed by atoms with van der Waals surface area (Å²) in [6.45, 7) is 1.49. The lowest BCUT2D eigenvalue weighted by Gasteiger charge is -2.09. The Labute approximate surface area is 113 Å². The molecule has 1 aromatic carbocycles. The van der Waals surface area contributed by atoms with Gasteiger partial charge in [-0.25, -0.2) is 0 Å². The summed E-state index contributed by atoms with van der Waals surface area (Å²) in [6.07, 6.45) is 3.54. The minimum atomic E-state index is -0.0882. The number of amides is 1. The zero-order valence-electron chi connectivity index (χ0n) is 11.3. The lowest BCUT2D eigenvalue weighted by molar-refractivity contribution is -0.117. The molecule has 0 saturated carbocycles. The van der Waals surface area contributed by atoms with Crippen LogP contribution in [0.2, 0.25) is 0 Å². The fraction of sp³-hybridized carbons (Fsp3) is 0.467. The SMILES string of the molecule is CC(=O)CCCCCC(=O)Nc1ccccc1CO. The molecule has 0 heterocycles. The van der Waals surface area contributed by atoms with Gasteiger partial charge in [-0.3, -0.25) is 4.79 Å². The van der Waals surface area contributed by atoms with E-state index < -0.39 is 0 Å². The van der Waals surface area contributed by atoms with Gasteiger partial charge in [-0.15, -0.1) is 0 Å². The van der Waals surface area contributed by atoms with Crippen LogP contribution in [0.4, 0.5) is 5.69 Å². The molecular formula is C15H21NO3. The van der Waals surface area contributed by atoms with Crippen molar-refractivity contribution in [3.8, 4) is 0 Å². The Balaban J connectivity index is 2.29. The first-order chi connectivity index (χ1) is 9.13. The summed E-state index contributed by atoms with van der Waals surface area (Å²) >= 11 is 0. The maximum absolute atomic E-state index is 11.7. The van der Waals surface area contributed by atoms with Gasteiger partial charge < -0.3 is 15.2 Å². The van der Waals surface area contributed by atoms with E-state index in [9.17, 15) is 9.59 Å². The third-order valence-electron chi connectivity index (χ3n) is 2.89. The number of para-hydroxylation sites is 1. The summed E-state index contributed by atoms with van der Waals surface area (Å²) in [5, 5.41) is 11.9. The van der Waals surface area contributed by atoms with Crippen molar-refractivity contribution in [2.45, 2.75) is 45.6 Å². The molecule has 0 aliphatic rings. The Kier molecular flexibility index (Phi) is 6.82. The lowest BCUT2D eigenvalue weighted by atomic mass is 10.1. The second-order valence-corrected chi connectivity index (χ2v) is 4.63. The smallest absolute Gasteiger partial charge is 0.224 e. The van der Waals surface area contributed by atoms with E-state index in [2.05, 4.69) is 5.32 Å². The fourth-order valence-corrected chi connectivity index (χ4v) is 1.83. The number of unbranched alkanes of at least 4 members (excludes halogenated alkanes) is 2. The highest BCUT2D eigenvalue weighted by Gasteiger charge is 2.05. The molecule has 2 N–H and O–H groups in total. The maximum Gasteiger partial charge on any atom is 0.224 e. The van der Waals surface area contributed by atoms with Crippen molar-refractivity contribution in [2.24, 2.45) is 0 Å². The predicted octanol–water partition coefficient (Wildman–Crippen LogP) is 2.66. The molecular weight excluding hydrogens is 242 g/mol. The number of aliphatic hydroxyl groups is 1. The number of rotatable bonds is 8. The van der Waals surface area contributed by atoms with Gasteiger partial charge in [0.05, 0.1) is 6.61 Å². The first kappa shape index (κ1) is 15.4. The molecule has 0 spiro atoms. The standard InChI is InChI=1S/C15H21NO3/c1-12(18)7-3-2-4-10-15(19)16-14-9-6-5-8-13(14)11-17/h5-6,8-9,17H,2-4,7,10-11H2,1H3,(H,16,19). The number of ketones is 1. The van der Waals surface area contributed by atoms with Gasteiger partial charge in [0, 0.05) is 24.1 Å². The first-order valence-corrected chi connectivity index (χ1v) is 6.61. The molecule has 0 radical (unpaired) electrons. The second kappa shape index (κ2) is 8.43. The number of carbonyl (C=O) groups excluding carboxylic acids is 2. The van der Waals surface area contributed by atoms with E-state index in [1.165, 1.54) is 0 Å². The van der Waals surface area contributed by atoms with E-state index in [4.69, 9.17) is 5.11 Å². The van der Waals surface area contributed by atoms with Crippen LogP contribution < -0.4 is 5.32 Å². The Hall–Kier alpha value is -1.68. The highest BCUT2D eigenvalue weighted by molar-refractivity contribution is 5.91. The second-order valence-electron chi connectivity index (χ2n) is 4.63. The minimum Gasteiger partial charge on any atom is -0.392 e. The first-order valence-electron chi connectivity index (χ1n) is 6.61. The largest absolute Gasteiger partial charge is 0.392 e. The molecule has 1 rings (SSSR count). The molecule has 104 valence electrons. The van der Waals surface area contributed by atoms with E-state index in [0.717, 1.165) is 19.3 Å². The van der Waals surface area contributed by atoms with Gasteiger partial charge in [0.1, 0.15) is 5.78 Å². The average molecular weight is 263 g/mol. The molecule has 0 aliphatic heterocycles. The van der Waals surface area contributed by atoms with Crippen molar-refractivity contribution in [3.05, 3.63) is 29.8 Å².